The van der Waals surface area contributed by atoms with Gasteiger partial charge >= 0.3 is 0 Å². The van der Waals surface area contributed by atoms with Crippen molar-refractivity contribution in [3.63, 3.8) is 0 Å². The number of phenols is 1. The molecule has 21 heavy (non-hydrogen) atoms. The highest BCUT2D eigenvalue weighted by Gasteiger charge is 2.07. The average molecular weight is 280 g/mol. The number of hydrogen-bond donors (Lipinski definition) is 2. The van der Waals surface area contributed by atoms with E-state index in [1.165, 1.54) is 0 Å². The topological polar surface area (TPSA) is 63.0 Å². The molecule has 0 unspecified atom stereocenters. The lowest BCUT2D eigenvalue weighted by atomic mass is 10.1. The molecule has 0 atom stereocenters. The first-order chi connectivity index (χ1) is 10.3. The molecule has 0 aliphatic heterocycles. The van der Waals surface area contributed by atoms with E-state index in [0.717, 1.165) is 22.6 Å². The van der Waals surface area contributed by atoms with E-state index in [1.807, 2.05) is 49.5 Å². The molecule has 0 fully saturated rings. The maximum atomic E-state index is 10.1. The standard InChI is InChI=1S/C16H16N4O/c1-12-5-2-6-13(15(12)21)11-18-14-7-3-8-17-16(14)20-10-4-9-19-20/h2-10,18,21H,11H2,1H3. The molecule has 3 aromatic rings. The summed E-state index contributed by atoms with van der Waals surface area (Å²) in [4.78, 5) is 4.35. The second-order valence-electron chi connectivity index (χ2n) is 4.76. The molecule has 2 N–H and O–H groups in total. The van der Waals surface area contributed by atoms with E-state index in [0.29, 0.717) is 12.3 Å². The van der Waals surface area contributed by atoms with Crippen molar-refractivity contribution in [2.75, 3.05) is 5.32 Å². The zero-order valence-electron chi connectivity index (χ0n) is 11.7. The lowest BCUT2D eigenvalue weighted by Gasteiger charge is -2.12. The van der Waals surface area contributed by atoms with Crippen molar-refractivity contribution in [2.45, 2.75) is 13.5 Å². The van der Waals surface area contributed by atoms with Gasteiger partial charge in [-0.2, -0.15) is 5.10 Å². The van der Waals surface area contributed by atoms with Crippen molar-refractivity contribution >= 4 is 5.69 Å². The van der Waals surface area contributed by atoms with Gasteiger partial charge in [0.2, 0.25) is 0 Å². The summed E-state index contributed by atoms with van der Waals surface area (Å²) in [5.74, 6) is 1.06. The lowest BCUT2D eigenvalue weighted by molar-refractivity contribution is 0.465. The molecule has 2 heterocycles. The van der Waals surface area contributed by atoms with Gasteiger partial charge in [-0.3, -0.25) is 0 Å². The minimum Gasteiger partial charge on any atom is -0.507 e. The largest absolute Gasteiger partial charge is 0.507 e. The third-order valence-electron chi connectivity index (χ3n) is 3.30. The number of aromatic hydroxyl groups is 1. The fourth-order valence-electron chi connectivity index (χ4n) is 2.16. The Labute approximate surface area is 122 Å². The van der Waals surface area contributed by atoms with Crippen molar-refractivity contribution in [2.24, 2.45) is 0 Å². The van der Waals surface area contributed by atoms with Gasteiger partial charge in [-0.05, 0) is 30.7 Å². The molecule has 1 aromatic carbocycles. The molecule has 0 aliphatic rings. The Morgan fingerprint density at radius 3 is 2.86 bits per heavy atom. The molecule has 2 aromatic heterocycles. The van der Waals surface area contributed by atoms with Gasteiger partial charge in [0.25, 0.3) is 0 Å². The van der Waals surface area contributed by atoms with Crippen LogP contribution in [0.1, 0.15) is 11.1 Å². The first kappa shape index (κ1) is 13.2. The Hall–Kier alpha value is -2.82. The molecule has 3 rings (SSSR count). The van der Waals surface area contributed by atoms with Crippen LogP contribution in [-0.4, -0.2) is 19.9 Å². The number of nitrogens with zero attached hydrogens (tertiary/aromatic N) is 3. The lowest BCUT2D eigenvalue weighted by Crippen LogP contribution is -2.06. The van der Waals surface area contributed by atoms with Crippen LogP contribution in [0.15, 0.2) is 55.0 Å². The molecular weight excluding hydrogens is 264 g/mol. The number of nitrogens with one attached hydrogen (secondary N) is 1. The number of benzene rings is 1. The predicted molar refractivity (Wildman–Crippen MR) is 81.5 cm³/mol. The Balaban J connectivity index is 1.85. The maximum absolute atomic E-state index is 10.1. The van der Waals surface area contributed by atoms with Crippen molar-refractivity contribution in [3.8, 4) is 11.6 Å². The Morgan fingerprint density at radius 2 is 2.05 bits per heavy atom. The molecule has 0 saturated heterocycles. The van der Waals surface area contributed by atoms with E-state index in [2.05, 4.69) is 15.4 Å². The zero-order valence-corrected chi connectivity index (χ0v) is 11.7. The summed E-state index contributed by atoms with van der Waals surface area (Å²) in [6, 6.07) is 11.4. The highest BCUT2D eigenvalue weighted by atomic mass is 16.3. The van der Waals surface area contributed by atoms with Gasteiger partial charge in [0.15, 0.2) is 5.82 Å². The van der Waals surface area contributed by atoms with Crippen LogP contribution in [0.2, 0.25) is 0 Å². The number of aromatic nitrogens is 3. The van der Waals surface area contributed by atoms with Crippen LogP contribution < -0.4 is 5.32 Å². The van der Waals surface area contributed by atoms with Gasteiger partial charge in [-0.15, -0.1) is 0 Å². The van der Waals surface area contributed by atoms with Crippen LogP contribution in [0, 0.1) is 6.92 Å². The van der Waals surface area contributed by atoms with Gasteiger partial charge in [0.05, 0.1) is 5.69 Å². The molecule has 0 spiro atoms. The minimum atomic E-state index is 0.328. The van der Waals surface area contributed by atoms with Gasteiger partial charge < -0.3 is 10.4 Å². The van der Waals surface area contributed by atoms with Gasteiger partial charge in [-0.25, -0.2) is 9.67 Å². The summed E-state index contributed by atoms with van der Waals surface area (Å²) in [6.07, 6.45) is 5.29. The minimum absolute atomic E-state index is 0.328. The Morgan fingerprint density at radius 1 is 1.14 bits per heavy atom. The van der Waals surface area contributed by atoms with E-state index in [9.17, 15) is 5.11 Å². The van der Waals surface area contributed by atoms with E-state index < -0.39 is 0 Å². The summed E-state index contributed by atoms with van der Waals surface area (Å²) in [5, 5.41) is 17.6. The predicted octanol–water partition coefficient (Wildman–Crippen LogP) is 2.89. The summed E-state index contributed by atoms with van der Waals surface area (Å²) >= 11 is 0. The summed E-state index contributed by atoms with van der Waals surface area (Å²) < 4.78 is 1.71. The van der Waals surface area contributed by atoms with Crippen LogP contribution >= 0.6 is 0 Å². The fourth-order valence-corrected chi connectivity index (χ4v) is 2.16. The number of aryl methyl sites for hydroxylation is 1. The van der Waals surface area contributed by atoms with E-state index in [1.54, 1.807) is 17.1 Å². The highest BCUT2D eigenvalue weighted by Crippen LogP contribution is 2.23. The molecule has 5 heteroatoms. The Kier molecular flexibility index (Phi) is 3.55. The molecule has 0 bridgehead atoms. The smallest absolute Gasteiger partial charge is 0.176 e. The molecular formula is C16H16N4O. The summed E-state index contributed by atoms with van der Waals surface area (Å²) in [7, 11) is 0. The normalized spacial score (nSPS) is 10.5. The molecule has 0 aliphatic carbocycles. The second kappa shape index (κ2) is 5.66. The molecule has 0 saturated carbocycles. The van der Waals surface area contributed by atoms with Crippen molar-refractivity contribution in [1.82, 2.24) is 14.8 Å². The van der Waals surface area contributed by atoms with Crippen molar-refractivity contribution in [1.29, 1.82) is 0 Å². The van der Waals surface area contributed by atoms with Gasteiger partial charge in [0.1, 0.15) is 5.75 Å². The van der Waals surface area contributed by atoms with Gasteiger partial charge in [0, 0.05) is 30.7 Å². The molecule has 106 valence electrons. The number of para-hydroxylation sites is 1. The number of pyridine rings is 1. The van der Waals surface area contributed by atoms with E-state index in [-0.39, 0.29) is 0 Å². The first-order valence-corrected chi connectivity index (χ1v) is 6.72. The first-order valence-electron chi connectivity index (χ1n) is 6.72. The van der Waals surface area contributed by atoms with Crippen LogP contribution in [-0.2, 0) is 6.54 Å². The SMILES string of the molecule is Cc1cccc(CNc2cccnc2-n2cccn2)c1O. The Bertz CT molecular complexity index is 738. The fraction of sp³-hybridized carbons (Fsp3) is 0.125. The van der Waals surface area contributed by atoms with Crippen LogP contribution in [0.4, 0.5) is 5.69 Å². The summed E-state index contributed by atoms with van der Waals surface area (Å²) in [6.45, 7) is 2.41. The van der Waals surface area contributed by atoms with Crippen LogP contribution in [0.3, 0.4) is 0 Å². The monoisotopic (exact) mass is 280 g/mol. The second-order valence-corrected chi connectivity index (χ2v) is 4.76. The number of rotatable bonds is 4. The maximum Gasteiger partial charge on any atom is 0.176 e. The molecule has 5 nitrogen and oxygen atoms in total. The third kappa shape index (κ3) is 2.72. The number of anilines is 1. The third-order valence-corrected chi connectivity index (χ3v) is 3.30. The van der Waals surface area contributed by atoms with E-state index in [4.69, 9.17) is 0 Å². The van der Waals surface area contributed by atoms with Crippen molar-refractivity contribution in [3.05, 3.63) is 66.1 Å². The summed E-state index contributed by atoms with van der Waals surface area (Å²) in [5.41, 5.74) is 2.58. The quantitative estimate of drug-likeness (QED) is 0.771. The van der Waals surface area contributed by atoms with Crippen molar-refractivity contribution < 1.29 is 5.11 Å². The van der Waals surface area contributed by atoms with Crippen LogP contribution in [0.5, 0.6) is 5.75 Å². The van der Waals surface area contributed by atoms with E-state index >= 15 is 0 Å². The molecule has 0 amide bonds. The number of phenolic OH excluding ortho intramolecular Hbond substituents is 1. The molecule has 0 radical (unpaired) electrons. The number of hydrogen-bond acceptors (Lipinski definition) is 4. The highest BCUT2D eigenvalue weighted by molar-refractivity contribution is 5.57. The zero-order chi connectivity index (χ0) is 14.7. The van der Waals surface area contributed by atoms with Gasteiger partial charge in [-0.1, -0.05) is 18.2 Å². The van der Waals surface area contributed by atoms with Crippen LogP contribution in [0.25, 0.3) is 5.82 Å². The average Bonchev–Trinajstić information content (AvgIpc) is 3.03.